The minimum atomic E-state index is -0.530. The van der Waals surface area contributed by atoms with Crippen LogP contribution < -0.4 is 5.32 Å². The van der Waals surface area contributed by atoms with Crippen LogP contribution in [0.25, 0.3) is 11.4 Å². The van der Waals surface area contributed by atoms with Crippen LogP contribution in [-0.2, 0) is 4.79 Å². The van der Waals surface area contributed by atoms with Crippen molar-refractivity contribution >= 4 is 35.0 Å². The van der Waals surface area contributed by atoms with Gasteiger partial charge in [0.25, 0.3) is 0 Å². The van der Waals surface area contributed by atoms with Crippen molar-refractivity contribution < 1.29 is 9.18 Å². The number of pyridine rings is 1. The number of carbonyl (C=O) groups excluding carboxylic acids is 1. The molecule has 3 aromatic rings. The van der Waals surface area contributed by atoms with Gasteiger partial charge in [0.2, 0.25) is 5.91 Å². The predicted octanol–water partition coefficient (Wildman–Crippen LogP) is 4.37. The number of aromatic nitrogens is 3. The SMILES string of the molecule is Cc1nc(SCC(=O)Nc2ccc(F)c(Cl)c2)cc(-c2ccccn2)n1. The Bertz CT molecular complexity index is 940. The molecule has 0 unspecified atom stereocenters. The van der Waals surface area contributed by atoms with Crippen LogP contribution in [0.3, 0.4) is 0 Å². The molecule has 1 N–H and O–H groups in total. The number of thioether (sulfide) groups is 1. The Morgan fingerprint density at radius 1 is 1.19 bits per heavy atom. The molecule has 0 aliphatic heterocycles. The lowest BCUT2D eigenvalue weighted by atomic mass is 10.2. The number of benzene rings is 1. The van der Waals surface area contributed by atoms with Crippen molar-refractivity contribution in [1.29, 1.82) is 0 Å². The van der Waals surface area contributed by atoms with E-state index < -0.39 is 5.82 Å². The third-order valence-corrected chi connectivity index (χ3v) is 4.50. The summed E-state index contributed by atoms with van der Waals surface area (Å²) in [6, 6.07) is 11.4. The lowest BCUT2D eigenvalue weighted by Crippen LogP contribution is -2.14. The highest BCUT2D eigenvalue weighted by atomic mass is 35.5. The van der Waals surface area contributed by atoms with E-state index in [2.05, 4.69) is 20.3 Å². The van der Waals surface area contributed by atoms with Crippen LogP contribution in [0.2, 0.25) is 5.02 Å². The van der Waals surface area contributed by atoms with Gasteiger partial charge in [0, 0.05) is 11.9 Å². The smallest absolute Gasteiger partial charge is 0.234 e. The molecule has 0 saturated heterocycles. The monoisotopic (exact) mass is 388 g/mol. The van der Waals surface area contributed by atoms with Crippen molar-refractivity contribution in [2.24, 2.45) is 0 Å². The van der Waals surface area contributed by atoms with E-state index in [1.807, 2.05) is 18.2 Å². The molecular formula is C18H14ClFN4OS. The molecule has 0 fully saturated rings. The highest BCUT2D eigenvalue weighted by Crippen LogP contribution is 2.23. The molecule has 0 spiro atoms. The number of nitrogens with zero attached hydrogens (tertiary/aromatic N) is 3. The molecule has 1 aromatic carbocycles. The van der Waals surface area contributed by atoms with Crippen LogP contribution in [-0.4, -0.2) is 26.6 Å². The van der Waals surface area contributed by atoms with Crippen molar-refractivity contribution in [3.8, 4) is 11.4 Å². The van der Waals surface area contributed by atoms with E-state index in [9.17, 15) is 9.18 Å². The van der Waals surface area contributed by atoms with Crippen molar-refractivity contribution in [3.05, 3.63) is 65.3 Å². The van der Waals surface area contributed by atoms with E-state index >= 15 is 0 Å². The molecule has 5 nitrogen and oxygen atoms in total. The summed E-state index contributed by atoms with van der Waals surface area (Å²) >= 11 is 6.99. The topological polar surface area (TPSA) is 67.8 Å². The fraction of sp³-hybridized carbons (Fsp3) is 0.111. The van der Waals surface area contributed by atoms with Crippen LogP contribution >= 0.6 is 23.4 Å². The van der Waals surface area contributed by atoms with Crippen LogP contribution in [0.15, 0.2) is 53.7 Å². The molecule has 0 saturated carbocycles. The molecule has 132 valence electrons. The Morgan fingerprint density at radius 2 is 2.04 bits per heavy atom. The summed E-state index contributed by atoms with van der Waals surface area (Å²) in [6.45, 7) is 1.79. The fourth-order valence-electron chi connectivity index (χ4n) is 2.17. The van der Waals surface area contributed by atoms with Gasteiger partial charge in [0.15, 0.2) is 0 Å². The minimum Gasteiger partial charge on any atom is -0.325 e. The number of halogens is 2. The lowest BCUT2D eigenvalue weighted by molar-refractivity contribution is -0.113. The summed E-state index contributed by atoms with van der Waals surface area (Å²) in [7, 11) is 0. The Labute approximate surface area is 159 Å². The minimum absolute atomic E-state index is 0.0399. The van der Waals surface area contributed by atoms with Gasteiger partial charge in [-0.05, 0) is 43.3 Å². The average Bonchev–Trinajstić information content (AvgIpc) is 2.63. The summed E-state index contributed by atoms with van der Waals surface area (Å²) in [5, 5.41) is 3.31. The molecule has 0 radical (unpaired) electrons. The second-order valence-corrected chi connectivity index (χ2v) is 6.72. The average molecular weight is 389 g/mol. The molecule has 2 heterocycles. The van der Waals surface area contributed by atoms with E-state index in [-0.39, 0.29) is 16.7 Å². The Kier molecular flexibility index (Phi) is 5.80. The first-order valence-corrected chi connectivity index (χ1v) is 9.02. The number of aryl methyl sites for hydroxylation is 1. The van der Waals surface area contributed by atoms with E-state index in [0.29, 0.717) is 22.2 Å². The summed E-state index contributed by atoms with van der Waals surface area (Å²) in [5.74, 6) is -0.0279. The fourth-order valence-corrected chi connectivity index (χ4v) is 3.09. The maximum atomic E-state index is 13.2. The first kappa shape index (κ1) is 18.3. The molecule has 2 aromatic heterocycles. The van der Waals surface area contributed by atoms with Gasteiger partial charge in [-0.15, -0.1) is 0 Å². The molecule has 26 heavy (non-hydrogen) atoms. The van der Waals surface area contributed by atoms with Gasteiger partial charge >= 0.3 is 0 Å². The highest BCUT2D eigenvalue weighted by Gasteiger charge is 2.10. The largest absolute Gasteiger partial charge is 0.325 e. The van der Waals surface area contributed by atoms with Gasteiger partial charge in [-0.25, -0.2) is 14.4 Å². The first-order chi connectivity index (χ1) is 12.5. The highest BCUT2D eigenvalue weighted by molar-refractivity contribution is 7.99. The molecule has 0 aliphatic rings. The zero-order valence-corrected chi connectivity index (χ0v) is 15.3. The summed E-state index contributed by atoms with van der Waals surface area (Å²) in [6.07, 6.45) is 1.70. The van der Waals surface area contributed by atoms with E-state index in [0.717, 1.165) is 5.69 Å². The maximum absolute atomic E-state index is 13.2. The zero-order valence-electron chi connectivity index (χ0n) is 13.7. The normalized spacial score (nSPS) is 10.6. The molecule has 0 atom stereocenters. The van der Waals surface area contributed by atoms with Gasteiger partial charge in [-0.3, -0.25) is 9.78 Å². The number of carbonyl (C=O) groups is 1. The number of hydrogen-bond donors (Lipinski definition) is 1. The number of nitrogens with one attached hydrogen (secondary N) is 1. The standard InChI is InChI=1S/C18H14ClFN4OS/c1-11-22-16(15-4-2-3-7-21-15)9-18(23-11)26-10-17(25)24-12-5-6-14(20)13(19)8-12/h2-9H,10H2,1H3,(H,24,25). The van der Waals surface area contributed by atoms with Crippen molar-refractivity contribution in [3.63, 3.8) is 0 Å². The second-order valence-electron chi connectivity index (χ2n) is 5.32. The summed E-state index contributed by atoms with van der Waals surface area (Å²) in [5.41, 5.74) is 1.88. The quantitative estimate of drug-likeness (QED) is 0.519. The van der Waals surface area contributed by atoms with Crippen LogP contribution in [0.5, 0.6) is 0 Å². The van der Waals surface area contributed by atoms with E-state index in [4.69, 9.17) is 11.6 Å². The molecular weight excluding hydrogens is 375 g/mol. The van der Waals surface area contributed by atoms with Gasteiger partial charge in [0.05, 0.1) is 22.2 Å². The summed E-state index contributed by atoms with van der Waals surface area (Å²) < 4.78 is 13.2. The van der Waals surface area contributed by atoms with Gasteiger partial charge in [-0.1, -0.05) is 29.4 Å². The lowest BCUT2D eigenvalue weighted by Gasteiger charge is -2.07. The Hall–Kier alpha value is -2.51. The van der Waals surface area contributed by atoms with Gasteiger partial charge in [0.1, 0.15) is 16.7 Å². The van der Waals surface area contributed by atoms with Crippen molar-refractivity contribution in [2.75, 3.05) is 11.1 Å². The second kappa shape index (κ2) is 8.25. The number of amides is 1. The third-order valence-electron chi connectivity index (χ3n) is 3.30. The Balaban J connectivity index is 1.66. The zero-order chi connectivity index (χ0) is 18.5. The number of rotatable bonds is 5. The first-order valence-electron chi connectivity index (χ1n) is 7.66. The van der Waals surface area contributed by atoms with Crippen LogP contribution in [0.1, 0.15) is 5.82 Å². The molecule has 0 aliphatic carbocycles. The van der Waals surface area contributed by atoms with E-state index in [1.54, 1.807) is 19.2 Å². The van der Waals surface area contributed by atoms with Crippen LogP contribution in [0, 0.1) is 12.7 Å². The van der Waals surface area contributed by atoms with Gasteiger partial charge in [-0.2, -0.15) is 0 Å². The van der Waals surface area contributed by atoms with Gasteiger partial charge < -0.3 is 5.32 Å². The third kappa shape index (κ3) is 4.77. The number of anilines is 1. The Morgan fingerprint density at radius 3 is 2.77 bits per heavy atom. The maximum Gasteiger partial charge on any atom is 0.234 e. The van der Waals surface area contributed by atoms with Crippen molar-refractivity contribution in [2.45, 2.75) is 11.9 Å². The predicted molar refractivity (Wildman–Crippen MR) is 101 cm³/mol. The molecule has 3 rings (SSSR count). The number of hydrogen-bond acceptors (Lipinski definition) is 5. The molecule has 0 bridgehead atoms. The van der Waals surface area contributed by atoms with E-state index in [1.165, 1.54) is 30.0 Å². The summed E-state index contributed by atoms with van der Waals surface area (Å²) in [4.78, 5) is 25.1. The van der Waals surface area contributed by atoms with Crippen molar-refractivity contribution in [1.82, 2.24) is 15.0 Å². The molecule has 8 heteroatoms. The molecule has 1 amide bonds. The van der Waals surface area contributed by atoms with Crippen LogP contribution in [0.4, 0.5) is 10.1 Å².